The molecule has 2 aromatic carbocycles. The van der Waals surface area contributed by atoms with Crippen LogP contribution in [0.5, 0.6) is 0 Å². The van der Waals surface area contributed by atoms with Crippen molar-refractivity contribution in [1.29, 1.82) is 0 Å². The highest BCUT2D eigenvalue weighted by Gasteiger charge is 2.26. The fourth-order valence-electron chi connectivity index (χ4n) is 4.35. The van der Waals surface area contributed by atoms with Crippen LogP contribution in [0.2, 0.25) is 0 Å². The summed E-state index contributed by atoms with van der Waals surface area (Å²) in [6, 6.07) is 15.4. The second-order valence-corrected chi connectivity index (χ2v) is 7.59. The lowest BCUT2D eigenvalue weighted by atomic mass is 10.0. The molecule has 1 aromatic heterocycles. The van der Waals surface area contributed by atoms with Crippen LogP contribution in [0.15, 0.2) is 48.5 Å². The van der Waals surface area contributed by atoms with E-state index in [1.165, 1.54) is 0 Å². The standard InChI is InChI=1S/C23H25N3O3/c1-16-24-20-8-4-5-9-21(20)26(16)18-12-14-25(15-13-18)22(27)11-10-17-6-2-3-7-19(17)23(28)29/h2-9,18H,10-15H2,1H3,(H,28,29). The number of nitrogens with zero attached hydrogens (tertiary/aromatic N) is 3. The molecule has 6 nitrogen and oxygen atoms in total. The van der Waals surface area contributed by atoms with E-state index in [9.17, 15) is 14.7 Å². The van der Waals surface area contributed by atoms with Gasteiger partial charge in [0.25, 0.3) is 0 Å². The van der Waals surface area contributed by atoms with Gasteiger partial charge in [-0.2, -0.15) is 0 Å². The second kappa shape index (κ2) is 8.07. The molecule has 0 aliphatic carbocycles. The van der Waals surface area contributed by atoms with Gasteiger partial charge in [-0.1, -0.05) is 30.3 Å². The summed E-state index contributed by atoms with van der Waals surface area (Å²) in [4.78, 5) is 30.6. The molecule has 1 amide bonds. The third-order valence-corrected chi connectivity index (χ3v) is 5.81. The first kappa shape index (κ1) is 19.2. The van der Waals surface area contributed by atoms with E-state index < -0.39 is 5.97 Å². The number of carbonyl (C=O) groups is 2. The second-order valence-electron chi connectivity index (χ2n) is 7.59. The molecule has 2 heterocycles. The Bertz CT molecular complexity index is 1050. The number of aryl methyl sites for hydroxylation is 2. The van der Waals surface area contributed by atoms with Gasteiger partial charge >= 0.3 is 5.97 Å². The molecule has 1 N–H and O–H groups in total. The fraction of sp³-hybridized carbons (Fsp3) is 0.348. The van der Waals surface area contributed by atoms with Crippen LogP contribution in [0.3, 0.4) is 0 Å². The summed E-state index contributed by atoms with van der Waals surface area (Å²) in [7, 11) is 0. The maximum atomic E-state index is 12.7. The van der Waals surface area contributed by atoms with Crippen molar-refractivity contribution in [1.82, 2.24) is 14.5 Å². The molecule has 0 bridgehead atoms. The number of hydrogen-bond donors (Lipinski definition) is 1. The average Bonchev–Trinajstić information content (AvgIpc) is 3.08. The molecule has 3 aromatic rings. The minimum atomic E-state index is -0.947. The summed E-state index contributed by atoms with van der Waals surface area (Å²) in [5, 5.41) is 9.29. The summed E-state index contributed by atoms with van der Waals surface area (Å²) in [5.74, 6) is 0.161. The van der Waals surface area contributed by atoms with Crippen LogP contribution in [0, 0.1) is 6.92 Å². The highest BCUT2D eigenvalue weighted by Crippen LogP contribution is 2.29. The zero-order chi connectivity index (χ0) is 20.4. The fourth-order valence-corrected chi connectivity index (χ4v) is 4.35. The van der Waals surface area contributed by atoms with Crippen LogP contribution in [-0.4, -0.2) is 44.5 Å². The molecule has 6 heteroatoms. The molecule has 150 valence electrons. The van der Waals surface area contributed by atoms with Gasteiger partial charge in [0.2, 0.25) is 5.91 Å². The van der Waals surface area contributed by atoms with E-state index in [-0.39, 0.29) is 11.5 Å². The first-order valence-corrected chi connectivity index (χ1v) is 10.1. The number of likely N-dealkylation sites (tertiary alicyclic amines) is 1. The van der Waals surface area contributed by atoms with Crippen molar-refractivity contribution in [2.45, 2.75) is 38.6 Å². The summed E-state index contributed by atoms with van der Waals surface area (Å²) in [6.07, 6.45) is 2.59. The number of piperidine rings is 1. The summed E-state index contributed by atoms with van der Waals surface area (Å²) >= 11 is 0. The Morgan fingerprint density at radius 2 is 1.76 bits per heavy atom. The molecule has 1 aliphatic heterocycles. The van der Waals surface area contributed by atoms with Crippen molar-refractivity contribution in [3.63, 3.8) is 0 Å². The number of aromatic carboxylic acids is 1. The van der Waals surface area contributed by atoms with Gasteiger partial charge < -0.3 is 14.6 Å². The van der Waals surface area contributed by atoms with Crippen LogP contribution in [-0.2, 0) is 11.2 Å². The molecule has 1 fully saturated rings. The van der Waals surface area contributed by atoms with Crippen LogP contribution in [0.1, 0.15) is 47.1 Å². The van der Waals surface area contributed by atoms with Gasteiger partial charge in [0.15, 0.2) is 0 Å². The molecule has 29 heavy (non-hydrogen) atoms. The molecule has 1 saturated heterocycles. The Morgan fingerprint density at radius 3 is 2.52 bits per heavy atom. The lowest BCUT2D eigenvalue weighted by molar-refractivity contribution is -0.132. The number of benzene rings is 2. The third kappa shape index (κ3) is 3.88. The number of rotatable bonds is 5. The van der Waals surface area contributed by atoms with Gasteiger partial charge in [-0.15, -0.1) is 0 Å². The quantitative estimate of drug-likeness (QED) is 0.717. The number of hydrogen-bond acceptors (Lipinski definition) is 3. The van der Waals surface area contributed by atoms with E-state index in [2.05, 4.69) is 15.6 Å². The first-order valence-electron chi connectivity index (χ1n) is 10.1. The Hall–Kier alpha value is -3.15. The monoisotopic (exact) mass is 391 g/mol. The van der Waals surface area contributed by atoms with Crippen LogP contribution in [0.25, 0.3) is 11.0 Å². The van der Waals surface area contributed by atoms with Crippen molar-refractivity contribution in [3.05, 3.63) is 65.5 Å². The van der Waals surface area contributed by atoms with Crippen LogP contribution >= 0.6 is 0 Å². The molecule has 0 saturated carbocycles. The van der Waals surface area contributed by atoms with E-state index in [4.69, 9.17) is 0 Å². The molecular formula is C23H25N3O3. The maximum absolute atomic E-state index is 12.7. The largest absolute Gasteiger partial charge is 0.478 e. The number of aromatic nitrogens is 2. The average molecular weight is 391 g/mol. The number of fused-ring (bicyclic) bond motifs is 1. The maximum Gasteiger partial charge on any atom is 0.335 e. The molecule has 0 spiro atoms. The van der Waals surface area contributed by atoms with Gasteiger partial charge in [0.1, 0.15) is 5.82 Å². The summed E-state index contributed by atoms with van der Waals surface area (Å²) < 4.78 is 2.31. The number of amides is 1. The number of carboxylic acid groups (broad SMARTS) is 1. The van der Waals surface area contributed by atoms with Gasteiger partial charge in [-0.25, -0.2) is 9.78 Å². The van der Waals surface area contributed by atoms with Crippen molar-refractivity contribution in [3.8, 4) is 0 Å². The van der Waals surface area contributed by atoms with Gasteiger partial charge in [0, 0.05) is 25.6 Å². The van der Waals surface area contributed by atoms with E-state index >= 15 is 0 Å². The number of carbonyl (C=O) groups excluding carboxylic acids is 1. The smallest absolute Gasteiger partial charge is 0.335 e. The molecule has 4 rings (SSSR count). The van der Waals surface area contributed by atoms with E-state index in [1.807, 2.05) is 36.1 Å². The molecule has 0 atom stereocenters. The minimum Gasteiger partial charge on any atom is -0.478 e. The highest BCUT2D eigenvalue weighted by atomic mass is 16.4. The van der Waals surface area contributed by atoms with Gasteiger partial charge in [0.05, 0.1) is 16.6 Å². The predicted octanol–water partition coefficient (Wildman–Crippen LogP) is 3.84. The lowest BCUT2D eigenvalue weighted by Crippen LogP contribution is -2.39. The van der Waals surface area contributed by atoms with Crippen molar-refractivity contribution >= 4 is 22.9 Å². The van der Waals surface area contributed by atoms with Gasteiger partial charge in [-0.05, 0) is 49.9 Å². The SMILES string of the molecule is Cc1nc2ccccc2n1C1CCN(C(=O)CCc2ccccc2C(=O)O)CC1. The minimum absolute atomic E-state index is 0.0934. The Kier molecular flexibility index (Phi) is 5.34. The Morgan fingerprint density at radius 1 is 1.07 bits per heavy atom. The van der Waals surface area contributed by atoms with Gasteiger partial charge in [-0.3, -0.25) is 4.79 Å². The van der Waals surface area contributed by atoms with Crippen molar-refractivity contribution < 1.29 is 14.7 Å². The third-order valence-electron chi connectivity index (χ3n) is 5.81. The lowest BCUT2D eigenvalue weighted by Gasteiger charge is -2.33. The van der Waals surface area contributed by atoms with Crippen molar-refractivity contribution in [2.75, 3.05) is 13.1 Å². The number of para-hydroxylation sites is 2. The highest BCUT2D eigenvalue weighted by molar-refractivity contribution is 5.89. The van der Waals surface area contributed by atoms with Crippen molar-refractivity contribution in [2.24, 2.45) is 0 Å². The van der Waals surface area contributed by atoms with E-state index in [0.717, 1.165) is 42.8 Å². The molecule has 0 radical (unpaired) electrons. The molecule has 1 aliphatic rings. The normalized spacial score (nSPS) is 15.0. The predicted molar refractivity (Wildman–Crippen MR) is 111 cm³/mol. The topological polar surface area (TPSA) is 75.4 Å². The molecular weight excluding hydrogens is 366 g/mol. The number of carboxylic acids is 1. The Balaban J connectivity index is 1.38. The summed E-state index contributed by atoms with van der Waals surface area (Å²) in [6.45, 7) is 3.48. The van der Waals surface area contributed by atoms with E-state index in [0.29, 0.717) is 24.4 Å². The number of imidazole rings is 1. The first-order chi connectivity index (χ1) is 14.0. The summed E-state index contributed by atoms with van der Waals surface area (Å²) in [5.41, 5.74) is 3.16. The molecule has 0 unspecified atom stereocenters. The Labute approximate surface area is 169 Å². The zero-order valence-corrected chi connectivity index (χ0v) is 16.5. The van der Waals surface area contributed by atoms with Crippen LogP contribution < -0.4 is 0 Å². The van der Waals surface area contributed by atoms with E-state index in [1.54, 1.807) is 18.2 Å². The zero-order valence-electron chi connectivity index (χ0n) is 16.5. The van der Waals surface area contributed by atoms with Crippen LogP contribution in [0.4, 0.5) is 0 Å².